The maximum Gasteiger partial charge on any atom is 0.310 e. The molecule has 0 radical (unpaired) electrons. The lowest BCUT2D eigenvalue weighted by atomic mass is 9.78. The molecule has 2 fully saturated rings. The minimum absolute atomic E-state index is 0.0247. The lowest BCUT2D eigenvalue weighted by Gasteiger charge is -2.30. The second-order valence-electron chi connectivity index (χ2n) is 5.51. The van der Waals surface area contributed by atoms with Gasteiger partial charge < -0.3 is 14.7 Å². The van der Waals surface area contributed by atoms with Crippen LogP contribution in [0.25, 0.3) is 0 Å². The van der Waals surface area contributed by atoms with E-state index in [4.69, 9.17) is 4.74 Å². The predicted octanol–water partition coefficient (Wildman–Crippen LogP) is 1.51. The van der Waals surface area contributed by atoms with Crippen LogP contribution in [-0.2, 0) is 14.3 Å². The van der Waals surface area contributed by atoms with Crippen molar-refractivity contribution in [3.63, 3.8) is 0 Å². The Balaban J connectivity index is 2.13. The topological polar surface area (TPSA) is 66.8 Å². The van der Waals surface area contributed by atoms with E-state index in [2.05, 4.69) is 0 Å². The highest BCUT2D eigenvalue weighted by atomic mass is 16.5. The number of hydrogen-bond acceptors (Lipinski definition) is 3. The summed E-state index contributed by atoms with van der Waals surface area (Å²) in [5, 5.41) is 9.35. The van der Waals surface area contributed by atoms with Crippen LogP contribution in [0.3, 0.4) is 0 Å². The highest BCUT2D eigenvalue weighted by Crippen LogP contribution is 2.44. The minimum Gasteiger partial charge on any atom is -0.481 e. The molecule has 4 atom stereocenters. The molecule has 0 saturated carbocycles. The van der Waals surface area contributed by atoms with Gasteiger partial charge in [0.15, 0.2) is 0 Å². The Bertz CT molecular complexity index is 351. The first-order chi connectivity index (χ1) is 9.10. The largest absolute Gasteiger partial charge is 0.481 e. The Labute approximate surface area is 113 Å². The van der Waals surface area contributed by atoms with Gasteiger partial charge >= 0.3 is 5.97 Å². The first-order valence-electron chi connectivity index (χ1n) is 7.27. The first-order valence-corrected chi connectivity index (χ1v) is 7.27. The molecule has 0 aromatic carbocycles. The van der Waals surface area contributed by atoms with Gasteiger partial charge in [-0.25, -0.2) is 0 Å². The molecule has 0 spiro atoms. The van der Waals surface area contributed by atoms with Crippen molar-refractivity contribution >= 4 is 11.9 Å². The van der Waals surface area contributed by atoms with Gasteiger partial charge in [-0.1, -0.05) is 13.8 Å². The van der Waals surface area contributed by atoms with E-state index in [1.807, 2.05) is 18.7 Å². The lowest BCUT2D eigenvalue weighted by molar-refractivity contribution is -0.150. The number of ether oxygens (including phenoxy) is 1. The number of rotatable bonds is 6. The Morgan fingerprint density at radius 3 is 2.11 bits per heavy atom. The summed E-state index contributed by atoms with van der Waals surface area (Å²) in [7, 11) is 0. The van der Waals surface area contributed by atoms with E-state index < -0.39 is 17.8 Å². The molecule has 1 amide bonds. The number of nitrogens with zero attached hydrogens (tertiary/aromatic N) is 1. The Kier molecular flexibility index (Phi) is 4.45. The molecule has 2 rings (SSSR count). The molecular weight excluding hydrogens is 246 g/mol. The van der Waals surface area contributed by atoms with Crippen molar-refractivity contribution in [1.29, 1.82) is 0 Å². The first kappa shape index (κ1) is 14.3. The van der Waals surface area contributed by atoms with Crippen molar-refractivity contribution in [3.05, 3.63) is 0 Å². The number of carbonyl (C=O) groups excluding carboxylic acids is 1. The molecule has 2 heterocycles. The van der Waals surface area contributed by atoms with Gasteiger partial charge in [0, 0.05) is 13.1 Å². The molecular formula is C14H23NO4. The van der Waals surface area contributed by atoms with E-state index >= 15 is 0 Å². The quantitative estimate of drug-likeness (QED) is 0.793. The molecule has 0 aromatic heterocycles. The molecule has 0 aliphatic carbocycles. The Morgan fingerprint density at radius 2 is 1.63 bits per heavy atom. The van der Waals surface area contributed by atoms with Gasteiger partial charge in [-0.05, 0) is 25.7 Å². The van der Waals surface area contributed by atoms with Gasteiger partial charge in [-0.2, -0.15) is 0 Å². The van der Waals surface area contributed by atoms with Gasteiger partial charge in [0.25, 0.3) is 0 Å². The van der Waals surface area contributed by atoms with Gasteiger partial charge in [0.05, 0.1) is 24.0 Å². The van der Waals surface area contributed by atoms with Crippen LogP contribution in [0.1, 0.15) is 39.5 Å². The van der Waals surface area contributed by atoms with Crippen molar-refractivity contribution in [2.75, 3.05) is 13.1 Å². The maximum absolute atomic E-state index is 12.6. The standard InChI is InChI=1S/C14H23NO4/c1-3-7-15(8-4-2)13(16)11-9-5-6-10(19-9)12(11)14(17)18/h9-12H,3-8H2,1-2H3,(H,17,18)/t9-,10-,11-,12-/m0/s1. The molecule has 2 saturated heterocycles. The third-order valence-electron chi connectivity index (χ3n) is 4.14. The molecule has 2 bridgehead atoms. The normalized spacial score (nSPS) is 32.5. The number of amides is 1. The summed E-state index contributed by atoms with van der Waals surface area (Å²) in [4.78, 5) is 25.8. The number of carboxylic acids is 1. The molecule has 2 aliphatic rings. The number of fused-ring (bicyclic) bond motifs is 2. The third kappa shape index (κ3) is 2.61. The van der Waals surface area contributed by atoms with E-state index in [1.54, 1.807) is 0 Å². The molecule has 108 valence electrons. The molecule has 0 aromatic rings. The number of carbonyl (C=O) groups is 2. The van der Waals surface area contributed by atoms with Crippen LogP contribution >= 0.6 is 0 Å². The second-order valence-corrected chi connectivity index (χ2v) is 5.51. The fourth-order valence-electron chi connectivity index (χ4n) is 3.39. The van der Waals surface area contributed by atoms with E-state index in [0.717, 1.165) is 25.7 Å². The summed E-state index contributed by atoms with van der Waals surface area (Å²) in [6, 6.07) is 0. The van der Waals surface area contributed by atoms with Crippen LogP contribution in [0.4, 0.5) is 0 Å². The zero-order valence-electron chi connectivity index (χ0n) is 11.7. The second kappa shape index (κ2) is 5.90. The number of hydrogen-bond donors (Lipinski definition) is 1. The highest BCUT2D eigenvalue weighted by Gasteiger charge is 2.56. The van der Waals surface area contributed by atoms with E-state index in [9.17, 15) is 14.7 Å². The zero-order valence-corrected chi connectivity index (χ0v) is 11.7. The summed E-state index contributed by atoms with van der Waals surface area (Å²) < 4.78 is 5.66. The molecule has 19 heavy (non-hydrogen) atoms. The molecule has 2 aliphatic heterocycles. The average Bonchev–Trinajstić information content (AvgIpc) is 2.97. The van der Waals surface area contributed by atoms with Crippen molar-refractivity contribution in [3.8, 4) is 0 Å². The van der Waals surface area contributed by atoms with Crippen LogP contribution in [0, 0.1) is 11.8 Å². The van der Waals surface area contributed by atoms with Gasteiger partial charge in [-0.3, -0.25) is 9.59 Å². The van der Waals surface area contributed by atoms with Gasteiger partial charge in [0.2, 0.25) is 5.91 Å². The van der Waals surface area contributed by atoms with E-state index in [-0.39, 0.29) is 18.1 Å². The van der Waals surface area contributed by atoms with Crippen molar-refractivity contribution in [2.24, 2.45) is 11.8 Å². The summed E-state index contributed by atoms with van der Waals surface area (Å²) >= 11 is 0. The fourth-order valence-corrected chi connectivity index (χ4v) is 3.39. The Morgan fingerprint density at radius 1 is 1.11 bits per heavy atom. The van der Waals surface area contributed by atoms with E-state index in [0.29, 0.717) is 13.1 Å². The van der Waals surface area contributed by atoms with E-state index in [1.165, 1.54) is 0 Å². The molecule has 5 heteroatoms. The molecule has 1 N–H and O–H groups in total. The Hall–Kier alpha value is -1.10. The van der Waals surface area contributed by atoms with Gasteiger partial charge in [-0.15, -0.1) is 0 Å². The molecule has 5 nitrogen and oxygen atoms in total. The van der Waals surface area contributed by atoms with Crippen LogP contribution in [0.2, 0.25) is 0 Å². The number of carboxylic acid groups (broad SMARTS) is 1. The average molecular weight is 269 g/mol. The smallest absolute Gasteiger partial charge is 0.310 e. The van der Waals surface area contributed by atoms with Crippen LogP contribution in [0.5, 0.6) is 0 Å². The van der Waals surface area contributed by atoms with Gasteiger partial charge in [0.1, 0.15) is 0 Å². The highest BCUT2D eigenvalue weighted by molar-refractivity contribution is 5.86. The zero-order chi connectivity index (χ0) is 14.0. The fraction of sp³-hybridized carbons (Fsp3) is 0.857. The third-order valence-corrected chi connectivity index (χ3v) is 4.14. The van der Waals surface area contributed by atoms with Crippen molar-refractivity contribution in [2.45, 2.75) is 51.7 Å². The summed E-state index contributed by atoms with van der Waals surface area (Å²) in [5.41, 5.74) is 0. The summed E-state index contributed by atoms with van der Waals surface area (Å²) in [5.74, 6) is -2.04. The van der Waals surface area contributed by atoms with Crippen LogP contribution in [-0.4, -0.2) is 47.2 Å². The van der Waals surface area contributed by atoms with Crippen LogP contribution in [0.15, 0.2) is 0 Å². The summed E-state index contributed by atoms with van der Waals surface area (Å²) in [6.07, 6.45) is 2.93. The monoisotopic (exact) mass is 269 g/mol. The SMILES string of the molecule is CCCN(CCC)C(=O)[C@@H]1[C@@H](C(=O)O)[C@@H]2CC[C@@H]1O2. The predicted molar refractivity (Wildman–Crippen MR) is 69.7 cm³/mol. The number of aliphatic carboxylic acids is 1. The maximum atomic E-state index is 12.6. The van der Waals surface area contributed by atoms with Crippen molar-refractivity contribution in [1.82, 2.24) is 4.90 Å². The summed E-state index contributed by atoms with van der Waals surface area (Å²) in [6.45, 7) is 5.46. The van der Waals surface area contributed by atoms with Crippen molar-refractivity contribution < 1.29 is 19.4 Å². The molecule has 0 unspecified atom stereocenters. The lowest BCUT2D eigenvalue weighted by Crippen LogP contribution is -2.46. The minimum atomic E-state index is -0.890. The van der Waals surface area contributed by atoms with Crippen LogP contribution < -0.4 is 0 Å².